The van der Waals surface area contributed by atoms with E-state index in [-0.39, 0.29) is 10.6 Å². The molecule has 7 nitrogen and oxygen atoms in total. The zero-order valence-corrected chi connectivity index (χ0v) is 14.4. The minimum Gasteiger partial charge on any atom is -0.258 e. The summed E-state index contributed by atoms with van der Waals surface area (Å²) in [5.41, 5.74) is 0.308. The molecule has 0 atom stereocenters. The summed E-state index contributed by atoms with van der Waals surface area (Å²) in [5, 5.41) is 12.6. The highest BCUT2D eigenvalue weighted by molar-refractivity contribution is 7.99. The van der Waals surface area contributed by atoms with Gasteiger partial charge in [0.1, 0.15) is 0 Å². The number of hydrogen-bond acceptors (Lipinski definition) is 6. The SMILES string of the molecule is O=[N+]([O-])c1ccc(/C=C/S(=O)(=O)/C=C/S(=O)(=O)c2ccccc2)cc1. The fourth-order valence-electron chi connectivity index (χ4n) is 1.77. The fourth-order valence-corrected chi connectivity index (χ4v) is 4.10. The third-order valence-corrected chi connectivity index (χ3v) is 5.68. The van der Waals surface area contributed by atoms with E-state index in [0.717, 1.165) is 5.41 Å². The van der Waals surface area contributed by atoms with Crippen molar-refractivity contribution in [3.8, 4) is 0 Å². The van der Waals surface area contributed by atoms with E-state index >= 15 is 0 Å². The highest BCUT2D eigenvalue weighted by Gasteiger charge is 2.11. The van der Waals surface area contributed by atoms with Crippen LogP contribution in [0.2, 0.25) is 0 Å². The van der Waals surface area contributed by atoms with Gasteiger partial charge in [0, 0.05) is 28.4 Å². The molecule has 0 saturated carbocycles. The summed E-state index contributed by atoms with van der Waals surface area (Å²) < 4.78 is 47.9. The first-order valence-electron chi connectivity index (χ1n) is 6.85. The largest absolute Gasteiger partial charge is 0.269 e. The average molecular weight is 379 g/mol. The van der Waals surface area contributed by atoms with Crippen molar-refractivity contribution in [2.75, 3.05) is 0 Å². The standard InChI is InChI=1S/C16H13NO6S2/c18-17(19)15-8-6-14(7-9-15)10-11-24(20,21)12-13-25(22,23)16-4-2-1-3-5-16/h1-13H/b11-10+,13-12+. The predicted molar refractivity (Wildman–Crippen MR) is 93.8 cm³/mol. The van der Waals surface area contributed by atoms with E-state index in [1.54, 1.807) is 6.07 Å². The predicted octanol–water partition coefficient (Wildman–Crippen LogP) is 2.93. The van der Waals surface area contributed by atoms with Crippen molar-refractivity contribution in [3.63, 3.8) is 0 Å². The van der Waals surface area contributed by atoms with E-state index in [1.165, 1.54) is 54.6 Å². The van der Waals surface area contributed by atoms with E-state index in [9.17, 15) is 26.9 Å². The molecule has 2 rings (SSSR count). The number of nitro groups is 1. The zero-order chi connectivity index (χ0) is 18.5. The van der Waals surface area contributed by atoms with E-state index in [1.807, 2.05) is 0 Å². The molecule has 0 aliphatic carbocycles. The Labute approximate surface area is 144 Å². The normalized spacial score (nSPS) is 12.6. The van der Waals surface area contributed by atoms with Crippen LogP contribution in [0, 0.1) is 10.1 Å². The van der Waals surface area contributed by atoms with Gasteiger partial charge in [0.15, 0.2) is 9.84 Å². The molecule has 25 heavy (non-hydrogen) atoms. The number of hydrogen-bond donors (Lipinski definition) is 0. The maximum atomic E-state index is 12.0. The van der Waals surface area contributed by atoms with Crippen LogP contribution in [-0.4, -0.2) is 21.8 Å². The summed E-state index contributed by atoms with van der Waals surface area (Å²) in [6, 6.07) is 12.7. The second-order valence-electron chi connectivity index (χ2n) is 4.87. The number of rotatable bonds is 6. The van der Waals surface area contributed by atoms with Gasteiger partial charge in [-0.1, -0.05) is 18.2 Å². The minimum absolute atomic E-state index is 0.0131. The summed E-state index contributed by atoms with van der Waals surface area (Å²) in [7, 11) is -7.78. The van der Waals surface area contributed by atoms with E-state index in [0.29, 0.717) is 16.4 Å². The van der Waals surface area contributed by atoms with Crippen LogP contribution in [0.15, 0.2) is 75.7 Å². The molecule has 2 aromatic carbocycles. The number of nitrogens with zero attached hydrogens (tertiary/aromatic N) is 1. The van der Waals surface area contributed by atoms with Crippen LogP contribution in [0.1, 0.15) is 5.56 Å². The molecule has 0 aliphatic heterocycles. The molecule has 0 aliphatic rings. The summed E-state index contributed by atoms with van der Waals surface area (Å²) in [5.74, 6) is 0. The number of non-ortho nitro benzene ring substituents is 1. The lowest BCUT2D eigenvalue weighted by molar-refractivity contribution is -0.384. The van der Waals surface area contributed by atoms with Crippen molar-refractivity contribution in [1.29, 1.82) is 0 Å². The van der Waals surface area contributed by atoms with Crippen LogP contribution in [0.3, 0.4) is 0 Å². The van der Waals surface area contributed by atoms with Crippen LogP contribution >= 0.6 is 0 Å². The van der Waals surface area contributed by atoms with Crippen LogP contribution in [-0.2, 0) is 19.7 Å². The molecule has 0 N–H and O–H groups in total. The average Bonchev–Trinajstić information content (AvgIpc) is 2.60. The second-order valence-corrected chi connectivity index (χ2v) is 8.43. The highest BCUT2D eigenvalue weighted by Crippen LogP contribution is 2.15. The molecule has 0 amide bonds. The second kappa shape index (κ2) is 7.41. The molecule has 0 radical (unpaired) electrons. The Bertz CT molecular complexity index is 1020. The zero-order valence-electron chi connectivity index (χ0n) is 12.7. The van der Waals surface area contributed by atoms with Crippen LogP contribution in [0.5, 0.6) is 0 Å². The molecule has 130 valence electrons. The highest BCUT2D eigenvalue weighted by atomic mass is 32.2. The number of benzene rings is 2. The van der Waals surface area contributed by atoms with Crippen molar-refractivity contribution < 1.29 is 21.8 Å². The van der Waals surface area contributed by atoms with Gasteiger partial charge in [-0.25, -0.2) is 16.8 Å². The van der Waals surface area contributed by atoms with Gasteiger partial charge in [-0.05, 0) is 35.9 Å². The number of sulfone groups is 2. The molecular formula is C16H13NO6S2. The van der Waals surface area contributed by atoms with E-state index in [4.69, 9.17) is 0 Å². The third-order valence-electron chi connectivity index (χ3n) is 3.05. The maximum absolute atomic E-state index is 12.0. The van der Waals surface area contributed by atoms with Gasteiger partial charge in [-0.2, -0.15) is 0 Å². The number of nitro benzene ring substituents is 1. The molecule has 0 heterocycles. The summed E-state index contributed by atoms with van der Waals surface area (Å²) >= 11 is 0. The van der Waals surface area contributed by atoms with Crippen molar-refractivity contribution in [2.45, 2.75) is 4.90 Å². The van der Waals surface area contributed by atoms with Crippen molar-refractivity contribution in [3.05, 3.63) is 86.5 Å². The Morgan fingerprint density at radius 1 is 0.800 bits per heavy atom. The molecule has 0 fully saturated rings. The van der Waals surface area contributed by atoms with Gasteiger partial charge in [-0.15, -0.1) is 0 Å². The lowest BCUT2D eigenvalue weighted by Gasteiger charge is -1.97. The first kappa shape index (κ1) is 18.6. The van der Waals surface area contributed by atoms with Gasteiger partial charge in [0.2, 0.25) is 9.84 Å². The van der Waals surface area contributed by atoms with Crippen LogP contribution < -0.4 is 0 Å². The molecule has 2 aromatic rings. The van der Waals surface area contributed by atoms with E-state index < -0.39 is 24.6 Å². The third kappa shape index (κ3) is 5.37. The van der Waals surface area contributed by atoms with Crippen LogP contribution in [0.4, 0.5) is 5.69 Å². The van der Waals surface area contributed by atoms with Gasteiger partial charge in [0.25, 0.3) is 5.69 Å². The molecule has 0 bridgehead atoms. The van der Waals surface area contributed by atoms with Crippen molar-refractivity contribution in [2.24, 2.45) is 0 Å². The Morgan fingerprint density at radius 3 is 1.96 bits per heavy atom. The van der Waals surface area contributed by atoms with Gasteiger partial charge < -0.3 is 0 Å². The lowest BCUT2D eigenvalue weighted by Crippen LogP contribution is -1.97. The Hall–Kier alpha value is -2.78. The van der Waals surface area contributed by atoms with Crippen LogP contribution in [0.25, 0.3) is 6.08 Å². The summed E-state index contributed by atoms with van der Waals surface area (Å²) in [6.45, 7) is 0. The quantitative estimate of drug-likeness (QED) is 0.563. The first-order chi connectivity index (χ1) is 11.7. The Kier molecular flexibility index (Phi) is 5.50. The summed E-state index contributed by atoms with van der Waals surface area (Å²) in [4.78, 5) is 9.97. The Balaban J connectivity index is 2.17. The molecule has 0 spiro atoms. The Morgan fingerprint density at radius 2 is 1.40 bits per heavy atom. The fraction of sp³-hybridized carbons (Fsp3) is 0. The summed E-state index contributed by atoms with van der Waals surface area (Å²) in [6.07, 6.45) is 1.22. The van der Waals surface area contributed by atoms with Gasteiger partial charge >= 0.3 is 0 Å². The monoisotopic (exact) mass is 379 g/mol. The molecule has 0 saturated heterocycles. The van der Waals surface area contributed by atoms with Crippen molar-refractivity contribution in [1.82, 2.24) is 0 Å². The minimum atomic E-state index is -3.92. The van der Waals surface area contributed by atoms with E-state index in [2.05, 4.69) is 0 Å². The van der Waals surface area contributed by atoms with Gasteiger partial charge in [0.05, 0.1) is 9.82 Å². The molecule has 0 unspecified atom stereocenters. The molecular weight excluding hydrogens is 366 g/mol. The molecule has 0 aromatic heterocycles. The van der Waals surface area contributed by atoms with Crippen molar-refractivity contribution >= 4 is 31.4 Å². The van der Waals surface area contributed by atoms with Gasteiger partial charge in [-0.3, -0.25) is 10.1 Å². The first-order valence-corrected chi connectivity index (χ1v) is 10.0. The lowest BCUT2D eigenvalue weighted by atomic mass is 10.2. The maximum Gasteiger partial charge on any atom is 0.269 e. The smallest absolute Gasteiger partial charge is 0.258 e. The topological polar surface area (TPSA) is 111 Å². The molecule has 9 heteroatoms.